The van der Waals surface area contributed by atoms with Crippen LogP contribution in [0.3, 0.4) is 0 Å². The average Bonchev–Trinajstić information content (AvgIpc) is 3.03. The van der Waals surface area contributed by atoms with Crippen molar-refractivity contribution in [3.63, 3.8) is 0 Å². The molecule has 7 heteroatoms. The van der Waals surface area contributed by atoms with E-state index in [1.165, 1.54) is 4.90 Å². The summed E-state index contributed by atoms with van der Waals surface area (Å²) in [5, 5.41) is 10.3. The third kappa shape index (κ3) is 6.86. The second-order valence-electron chi connectivity index (χ2n) is 11.1. The van der Waals surface area contributed by atoms with Crippen LogP contribution in [0, 0.1) is 5.92 Å². The lowest BCUT2D eigenvalue weighted by molar-refractivity contribution is -0.154. The minimum atomic E-state index is -1.35. The van der Waals surface area contributed by atoms with E-state index in [-0.39, 0.29) is 5.92 Å². The minimum Gasteiger partial charge on any atom is -0.478 e. The highest BCUT2D eigenvalue weighted by Gasteiger charge is 2.51. The van der Waals surface area contributed by atoms with Crippen LogP contribution in [0.5, 0.6) is 0 Å². The van der Waals surface area contributed by atoms with Gasteiger partial charge in [0.05, 0.1) is 18.2 Å². The summed E-state index contributed by atoms with van der Waals surface area (Å²) in [5.74, 6) is -0.969. The van der Waals surface area contributed by atoms with Gasteiger partial charge in [0.15, 0.2) is 0 Å². The van der Waals surface area contributed by atoms with E-state index in [4.69, 9.17) is 9.47 Å². The van der Waals surface area contributed by atoms with E-state index in [2.05, 4.69) is 18.7 Å². The van der Waals surface area contributed by atoms with Crippen molar-refractivity contribution in [2.24, 2.45) is 5.92 Å². The first-order valence-corrected chi connectivity index (χ1v) is 12.6. The van der Waals surface area contributed by atoms with Crippen molar-refractivity contribution in [1.29, 1.82) is 0 Å². The number of hydrogen-bond donors (Lipinski definition) is 1. The molecule has 2 aromatic carbocycles. The van der Waals surface area contributed by atoms with Crippen LogP contribution < -0.4 is 0 Å². The number of nitrogens with zero attached hydrogens (tertiary/aromatic N) is 2. The maximum absolute atomic E-state index is 13.5. The van der Waals surface area contributed by atoms with Crippen molar-refractivity contribution in [3.8, 4) is 0 Å². The number of benzene rings is 2. The molecule has 0 saturated carbocycles. The van der Waals surface area contributed by atoms with Crippen molar-refractivity contribution >= 4 is 12.1 Å². The topological polar surface area (TPSA) is 79.3 Å². The molecule has 196 valence electrons. The molecule has 0 radical (unpaired) electrons. The molecule has 1 saturated heterocycles. The number of aliphatic carboxylic acids is 1. The minimum absolute atomic E-state index is 0.188. The molecule has 1 aliphatic heterocycles. The first-order chi connectivity index (χ1) is 16.9. The van der Waals surface area contributed by atoms with E-state index in [9.17, 15) is 14.7 Å². The Kier molecular flexibility index (Phi) is 8.80. The monoisotopic (exact) mass is 496 g/mol. The molecular formula is C29H40N2O5. The van der Waals surface area contributed by atoms with Gasteiger partial charge in [-0.25, -0.2) is 9.59 Å². The van der Waals surface area contributed by atoms with Crippen molar-refractivity contribution < 1.29 is 24.2 Å². The zero-order chi connectivity index (χ0) is 26.5. The Morgan fingerprint density at radius 2 is 1.47 bits per heavy atom. The van der Waals surface area contributed by atoms with Crippen molar-refractivity contribution in [2.45, 2.75) is 84.5 Å². The van der Waals surface area contributed by atoms with Crippen molar-refractivity contribution in [3.05, 3.63) is 71.8 Å². The van der Waals surface area contributed by atoms with E-state index in [0.29, 0.717) is 26.1 Å². The Morgan fingerprint density at radius 3 is 1.86 bits per heavy atom. The zero-order valence-corrected chi connectivity index (χ0v) is 22.3. The van der Waals surface area contributed by atoms with Gasteiger partial charge in [-0.1, -0.05) is 74.5 Å². The van der Waals surface area contributed by atoms with Gasteiger partial charge in [0.1, 0.15) is 5.72 Å². The molecule has 3 rings (SSSR count). The van der Waals surface area contributed by atoms with Crippen LogP contribution in [-0.2, 0) is 27.4 Å². The van der Waals surface area contributed by atoms with Crippen LogP contribution in [0.2, 0.25) is 0 Å². The van der Waals surface area contributed by atoms with Crippen LogP contribution in [-0.4, -0.2) is 57.0 Å². The first-order valence-electron chi connectivity index (χ1n) is 12.6. The molecule has 0 aromatic heterocycles. The predicted molar refractivity (Wildman–Crippen MR) is 139 cm³/mol. The molecule has 1 amide bonds. The van der Waals surface area contributed by atoms with Crippen LogP contribution in [0.25, 0.3) is 0 Å². The molecule has 2 aromatic rings. The Hall–Kier alpha value is -2.90. The summed E-state index contributed by atoms with van der Waals surface area (Å²) in [6, 6.07) is 19.4. The number of carboxylic acids is 1. The number of rotatable bonds is 10. The molecule has 0 bridgehead atoms. The first kappa shape index (κ1) is 27.7. The fourth-order valence-corrected chi connectivity index (χ4v) is 5.01. The number of carbonyl (C=O) groups excluding carboxylic acids is 1. The van der Waals surface area contributed by atoms with Gasteiger partial charge in [-0.3, -0.25) is 9.80 Å². The predicted octanol–water partition coefficient (Wildman–Crippen LogP) is 5.54. The van der Waals surface area contributed by atoms with Crippen LogP contribution in [0.15, 0.2) is 60.7 Å². The highest BCUT2D eigenvalue weighted by molar-refractivity contribution is 5.79. The summed E-state index contributed by atoms with van der Waals surface area (Å²) in [5.41, 5.74) is 0.608. The molecular weight excluding hydrogens is 456 g/mol. The van der Waals surface area contributed by atoms with Crippen LogP contribution in [0.4, 0.5) is 4.79 Å². The fraction of sp³-hybridized carbons (Fsp3) is 0.517. The Labute approximate surface area is 215 Å². The highest BCUT2D eigenvalue weighted by atomic mass is 16.6. The molecule has 1 fully saturated rings. The second-order valence-corrected chi connectivity index (χ2v) is 11.1. The highest BCUT2D eigenvalue weighted by Crippen LogP contribution is 2.36. The molecule has 0 aliphatic carbocycles. The van der Waals surface area contributed by atoms with Crippen molar-refractivity contribution in [2.75, 3.05) is 6.61 Å². The van der Waals surface area contributed by atoms with Gasteiger partial charge >= 0.3 is 12.1 Å². The SMILES string of the molecule is CC(C)C[C@@H]([C@H](OC(=O)N1C(C)(C)COC1(C)C)C(=O)O)N(Cc1ccccc1)Cc1ccccc1. The van der Waals surface area contributed by atoms with E-state index >= 15 is 0 Å². The van der Waals surface area contributed by atoms with E-state index in [1.807, 2.05) is 74.5 Å². The Morgan fingerprint density at radius 1 is 0.972 bits per heavy atom. The number of carbonyl (C=O) groups is 2. The van der Waals surface area contributed by atoms with Gasteiger partial charge in [-0.2, -0.15) is 0 Å². The zero-order valence-electron chi connectivity index (χ0n) is 22.3. The van der Waals surface area contributed by atoms with E-state index in [1.54, 1.807) is 13.8 Å². The number of amides is 1. The summed E-state index contributed by atoms with van der Waals surface area (Å²) in [6.45, 7) is 12.9. The summed E-state index contributed by atoms with van der Waals surface area (Å²) < 4.78 is 11.7. The quantitative estimate of drug-likeness (QED) is 0.465. The standard InChI is InChI=1S/C29H40N2O5/c1-21(2)17-24(25(26(32)33)36-27(34)31-28(3,4)20-35-29(31,5)6)30(18-22-13-9-7-10-14-22)19-23-15-11-8-12-16-23/h7-16,21,24-25H,17-20H2,1-6H3,(H,32,33)/t24-,25-/m0/s1. The molecule has 7 nitrogen and oxygen atoms in total. The summed E-state index contributed by atoms with van der Waals surface area (Å²) in [6.07, 6.45) is -1.48. The van der Waals surface area contributed by atoms with Gasteiger partial charge in [-0.05, 0) is 51.2 Å². The van der Waals surface area contributed by atoms with Gasteiger partial charge in [0.25, 0.3) is 0 Å². The third-order valence-corrected chi connectivity index (χ3v) is 6.56. The van der Waals surface area contributed by atoms with Gasteiger partial charge in [0, 0.05) is 13.1 Å². The lowest BCUT2D eigenvalue weighted by atomic mass is 9.96. The van der Waals surface area contributed by atoms with Gasteiger partial charge in [-0.15, -0.1) is 0 Å². The van der Waals surface area contributed by atoms with Gasteiger partial charge < -0.3 is 14.6 Å². The molecule has 2 atom stereocenters. The summed E-state index contributed by atoms with van der Waals surface area (Å²) in [4.78, 5) is 29.7. The Balaban J connectivity index is 1.97. The molecule has 0 unspecified atom stereocenters. The molecule has 1 N–H and O–H groups in total. The largest absolute Gasteiger partial charge is 0.478 e. The lowest BCUT2D eigenvalue weighted by Gasteiger charge is -2.40. The summed E-state index contributed by atoms with van der Waals surface area (Å²) in [7, 11) is 0. The Bertz CT molecular complexity index is 949. The second kappa shape index (κ2) is 11.4. The number of carboxylic acid groups (broad SMARTS) is 1. The fourth-order valence-electron chi connectivity index (χ4n) is 5.01. The van der Waals surface area contributed by atoms with Crippen molar-refractivity contribution in [1.82, 2.24) is 9.80 Å². The summed E-state index contributed by atoms with van der Waals surface area (Å²) >= 11 is 0. The smallest absolute Gasteiger partial charge is 0.413 e. The average molecular weight is 497 g/mol. The van der Waals surface area contributed by atoms with Crippen LogP contribution in [0.1, 0.15) is 59.1 Å². The van der Waals surface area contributed by atoms with E-state index < -0.39 is 35.5 Å². The molecule has 0 spiro atoms. The third-order valence-electron chi connectivity index (χ3n) is 6.56. The maximum atomic E-state index is 13.5. The molecule has 36 heavy (non-hydrogen) atoms. The number of ether oxygens (including phenoxy) is 2. The molecule has 1 aliphatic rings. The molecule has 1 heterocycles. The normalized spacial score (nSPS) is 18.3. The number of hydrogen-bond acceptors (Lipinski definition) is 5. The van der Waals surface area contributed by atoms with E-state index in [0.717, 1.165) is 11.1 Å². The van der Waals surface area contributed by atoms with Crippen LogP contribution >= 0.6 is 0 Å². The maximum Gasteiger partial charge on any atom is 0.413 e. The lowest BCUT2D eigenvalue weighted by Crippen LogP contribution is -2.56. The van der Waals surface area contributed by atoms with Gasteiger partial charge in [0.2, 0.25) is 6.10 Å².